The maximum Gasteiger partial charge on any atom is 0.170 e. The molecule has 0 unspecified atom stereocenters. The lowest BCUT2D eigenvalue weighted by atomic mass is 10.1. The molecule has 2 aromatic rings. The van der Waals surface area contributed by atoms with Crippen molar-refractivity contribution in [1.29, 1.82) is 0 Å². The SMILES string of the molecule is CCCc1c(CNC)oc2c(F)cc(Br)cc12. The van der Waals surface area contributed by atoms with Crippen molar-refractivity contribution in [3.8, 4) is 0 Å². The minimum atomic E-state index is -0.311. The van der Waals surface area contributed by atoms with Crippen molar-refractivity contribution in [2.75, 3.05) is 7.05 Å². The second-order valence-corrected chi connectivity index (χ2v) is 4.96. The average molecular weight is 300 g/mol. The van der Waals surface area contributed by atoms with Crippen molar-refractivity contribution in [1.82, 2.24) is 5.32 Å². The van der Waals surface area contributed by atoms with Gasteiger partial charge in [0.25, 0.3) is 0 Å². The molecule has 0 amide bonds. The Morgan fingerprint density at radius 1 is 1.41 bits per heavy atom. The van der Waals surface area contributed by atoms with Crippen LogP contribution in [0.3, 0.4) is 0 Å². The van der Waals surface area contributed by atoms with Crippen LogP contribution in [0.25, 0.3) is 11.0 Å². The van der Waals surface area contributed by atoms with E-state index in [2.05, 4.69) is 28.2 Å². The molecule has 1 heterocycles. The van der Waals surface area contributed by atoms with E-state index in [1.165, 1.54) is 6.07 Å². The molecule has 0 saturated carbocycles. The summed E-state index contributed by atoms with van der Waals surface area (Å²) in [5.74, 6) is 0.524. The summed E-state index contributed by atoms with van der Waals surface area (Å²) in [5, 5.41) is 3.93. The number of benzene rings is 1. The predicted molar refractivity (Wildman–Crippen MR) is 70.6 cm³/mol. The molecule has 0 bridgehead atoms. The quantitative estimate of drug-likeness (QED) is 0.923. The van der Waals surface area contributed by atoms with Crippen LogP contribution < -0.4 is 5.32 Å². The normalized spacial score (nSPS) is 11.3. The van der Waals surface area contributed by atoms with Gasteiger partial charge in [-0.25, -0.2) is 4.39 Å². The lowest BCUT2D eigenvalue weighted by molar-refractivity contribution is 0.501. The van der Waals surface area contributed by atoms with Crippen LogP contribution >= 0.6 is 15.9 Å². The number of furan rings is 1. The van der Waals surface area contributed by atoms with Crippen LogP contribution in [0.15, 0.2) is 21.0 Å². The minimum absolute atomic E-state index is 0.311. The van der Waals surface area contributed by atoms with Gasteiger partial charge in [-0.3, -0.25) is 0 Å². The van der Waals surface area contributed by atoms with Crippen LogP contribution in [-0.4, -0.2) is 7.05 Å². The Morgan fingerprint density at radius 2 is 2.18 bits per heavy atom. The van der Waals surface area contributed by atoms with Crippen LogP contribution in [0, 0.1) is 5.82 Å². The van der Waals surface area contributed by atoms with Crippen molar-refractivity contribution in [3.63, 3.8) is 0 Å². The van der Waals surface area contributed by atoms with Gasteiger partial charge < -0.3 is 9.73 Å². The van der Waals surface area contributed by atoms with Crippen molar-refractivity contribution in [2.45, 2.75) is 26.3 Å². The number of aryl methyl sites for hydroxylation is 1. The summed E-state index contributed by atoms with van der Waals surface area (Å²) in [4.78, 5) is 0. The lowest BCUT2D eigenvalue weighted by Crippen LogP contribution is -2.05. The second kappa shape index (κ2) is 5.19. The molecule has 0 aliphatic heterocycles. The summed E-state index contributed by atoms with van der Waals surface area (Å²) in [6.45, 7) is 2.73. The molecule has 0 atom stereocenters. The van der Waals surface area contributed by atoms with Crippen molar-refractivity contribution in [3.05, 3.63) is 33.7 Å². The van der Waals surface area contributed by atoms with Crippen molar-refractivity contribution < 1.29 is 8.81 Å². The van der Waals surface area contributed by atoms with E-state index in [0.717, 1.165) is 34.0 Å². The summed E-state index contributed by atoms with van der Waals surface area (Å²) < 4.78 is 20.1. The fourth-order valence-corrected chi connectivity index (χ4v) is 2.48. The van der Waals surface area contributed by atoms with E-state index in [1.54, 1.807) is 0 Å². The molecule has 0 saturated heterocycles. The van der Waals surface area contributed by atoms with Gasteiger partial charge in [-0.15, -0.1) is 0 Å². The Morgan fingerprint density at radius 3 is 2.82 bits per heavy atom. The predicted octanol–water partition coefficient (Wildman–Crippen LogP) is 4.01. The molecule has 2 nitrogen and oxygen atoms in total. The second-order valence-electron chi connectivity index (χ2n) is 4.05. The topological polar surface area (TPSA) is 25.2 Å². The molecule has 1 aromatic carbocycles. The summed E-state index contributed by atoms with van der Waals surface area (Å²) in [6.07, 6.45) is 1.92. The molecular formula is C13H15BrFNO. The van der Waals surface area contributed by atoms with Gasteiger partial charge in [0.2, 0.25) is 0 Å². The van der Waals surface area contributed by atoms with Gasteiger partial charge in [-0.1, -0.05) is 29.3 Å². The highest BCUT2D eigenvalue weighted by molar-refractivity contribution is 9.10. The van der Waals surface area contributed by atoms with E-state index >= 15 is 0 Å². The Balaban J connectivity index is 2.66. The van der Waals surface area contributed by atoms with Crippen LogP contribution in [0.2, 0.25) is 0 Å². The van der Waals surface area contributed by atoms with Crippen molar-refractivity contribution in [2.24, 2.45) is 0 Å². The highest BCUT2D eigenvalue weighted by atomic mass is 79.9. The summed E-state index contributed by atoms with van der Waals surface area (Å²) >= 11 is 3.32. The average Bonchev–Trinajstić information content (AvgIpc) is 2.59. The van der Waals surface area contributed by atoms with E-state index < -0.39 is 0 Å². The number of fused-ring (bicyclic) bond motifs is 1. The van der Waals surface area contributed by atoms with Gasteiger partial charge in [0.1, 0.15) is 5.76 Å². The van der Waals surface area contributed by atoms with Crippen LogP contribution in [0.5, 0.6) is 0 Å². The van der Waals surface area contributed by atoms with E-state index in [0.29, 0.717) is 12.1 Å². The maximum atomic E-state index is 13.8. The molecule has 0 aliphatic carbocycles. The summed E-state index contributed by atoms with van der Waals surface area (Å²) in [7, 11) is 1.86. The van der Waals surface area contributed by atoms with Gasteiger partial charge >= 0.3 is 0 Å². The van der Waals surface area contributed by atoms with E-state index in [-0.39, 0.29) is 5.82 Å². The molecule has 1 N–H and O–H groups in total. The highest BCUT2D eigenvalue weighted by Crippen LogP contribution is 2.31. The van der Waals surface area contributed by atoms with Gasteiger partial charge in [0.15, 0.2) is 11.4 Å². The van der Waals surface area contributed by atoms with Gasteiger partial charge in [-0.05, 0) is 25.6 Å². The molecule has 92 valence electrons. The van der Waals surface area contributed by atoms with Crippen LogP contribution in [0.4, 0.5) is 4.39 Å². The number of halogens is 2. The Labute approximate surface area is 108 Å². The summed E-state index contributed by atoms with van der Waals surface area (Å²) in [5.41, 5.74) is 1.47. The van der Waals surface area contributed by atoms with Crippen molar-refractivity contribution >= 4 is 26.9 Å². The molecular weight excluding hydrogens is 285 g/mol. The Kier molecular flexibility index (Phi) is 3.84. The molecule has 1 aromatic heterocycles. The number of hydrogen-bond acceptors (Lipinski definition) is 2. The van der Waals surface area contributed by atoms with Crippen LogP contribution in [-0.2, 0) is 13.0 Å². The van der Waals surface area contributed by atoms with E-state index in [9.17, 15) is 4.39 Å². The van der Waals surface area contributed by atoms with Crippen LogP contribution in [0.1, 0.15) is 24.7 Å². The molecule has 2 rings (SSSR count). The first-order valence-corrected chi connectivity index (χ1v) is 6.50. The van der Waals surface area contributed by atoms with E-state index in [1.807, 2.05) is 13.1 Å². The first-order valence-electron chi connectivity index (χ1n) is 5.71. The van der Waals surface area contributed by atoms with Gasteiger partial charge in [0.05, 0.1) is 6.54 Å². The Hall–Kier alpha value is -0.870. The largest absolute Gasteiger partial charge is 0.456 e. The fraction of sp³-hybridized carbons (Fsp3) is 0.385. The third-order valence-corrected chi connectivity index (χ3v) is 3.19. The molecule has 4 heteroatoms. The number of rotatable bonds is 4. The third-order valence-electron chi connectivity index (χ3n) is 2.73. The fourth-order valence-electron chi connectivity index (χ4n) is 2.05. The smallest absolute Gasteiger partial charge is 0.170 e. The zero-order chi connectivity index (χ0) is 12.4. The Bertz CT molecular complexity index is 536. The number of nitrogens with one attached hydrogen (secondary N) is 1. The molecule has 0 radical (unpaired) electrons. The lowest BCUT2D eigenvalue weighted by Gasteiger charge is -2.00. The van der Waals surface area contributed by atoms with Gasteiger partial charge in [0, 0.05) is 15.4 Å². The first-order chi connectivity index (χ1) is 8.17. The van der Waals surface area contributed by atoms with Gasteiger partial charge in [-0.2, -0.15) is 0 Å². The first kappa shape index (κ1) is 12.6. The highest BCUT2D eigenvalue weighted by Gasteiger charge is 2.16. The molecule has 0 fully saturated rings. The monoisotopic (exact) mass is 299 g/mol. The number of hydrogen-bond donors (Lipinski definition) is 1. The minimum Gasteiger partial charge on any atom is -0.456 e. The standard InChI is InChI=1S/C13H15BrFNO/c1-3-4-9-10-5-8(14)6-11(15)13(10)17-12(9)7-16-2/h5-6,16H,3-4,7H2,1-2H3. The maximum absolute atomic E-state index is 13.8. The molecule has 0 aliphatic rings. The molecule has 17 heavy (non-hydrogen) atoms. The summed E-state index contributed by atoms with van der Waals surface area (Å²) in [6, 6.07) is 3.36. The third kappa shape index (κ3) is 2.38. The zero-order valence-corrected chi connectivity index (χ0v) is 11.5. The zero-order valence-electron chi connectivity index (χ0n) is 9.94. The molecule has 0 spiro atoms. The van der Waals surface area contributed by atoms with E-state index in [4.69, 9.17) is 4.42 Å².